The van der Waals surface area contributed by atoms with Gasteiger partial charge >= 0.3 is 0 Å². The third-order valence-corrected chi connectivity index (χ3v) is 4.60. The van der Waals surface area contributed by atoms with Gasteiger partial charge in [0, 0.05) is 23.6 Å². The summed E-state index contributed by atoms with van der Waals surface area (Å²) in [5.74, 6) is 2.42. The fourth-order valence-electron chi connectivity index (χ4n) is 2.95. The first kappa shape index (κ1) is 14.5. The Labute approximate surface area is 135 Å². The van der Waals surface area contributed by atoms with E-state index in [1.165, 1.54) is 24.8 Å². The minimum Gasteiger partial charge on any atom is -0.360 e. The maximum atomic E-state index is 12.3. The maximum absolute atomic E-state index is 12.3. The average molecular weight is 311 g/mol. The van der Waals surface area contributed by atoms with Gasteiger partial charge in [-0.15, -0.1) is 0 Å². The summed E-state index contributed by atoms with van der Waals surface area (Å²) in [6.45, 7) is 2.94. The van der Waals surface area contributed by atoms with Crippen LogP contribution >= 0.6 is 0 Å². The molecule has 1 heterocycles. The van der Waals surface area contributed by atoms with Crippen LogP contribution in [0.2, 0.25) is 0 Å². The van der Waals surface area contributed by atoms with Crippen LogP contribution in [0.25, 0.3) is 0 Å². The molecule has 2 saturated carbocycles. The minimum absolute atomic E-state index is 0.150. The molecule has 2 fully saturated rings. The Morgan fingerprint density at radius 1 is 1.35 bits per heavy atom. The molecule has 0 spiro atoms. The van der Waals surface area contributed by atoms with Gasteiger partial charge in [0.2, 0.25) is 0 Å². The van der Waals surface area contributed by atoms with Crippen molar-refractivity contribution in [1.82, 2.24) is 10.5 Å². The summed E-state index contributed by atoms with van der Waals surface area (Å²) in [4.78, 5) is 12.3. The molecule has 1 amide bonds. The van der Waals surface area contributed by atoms with Gasteiger partial charge in [-0.3, -0.25) is 4.79 Å². The number of carbonyl (C=O) groups excluding carboxylic acids is 1. The topological polar surface area (TPSA) is 67.2 Å². The molecule has 1 aromatic heterocycles. The van der Waals surface area contributed by atoms with Crippen molar-refractivity contribution in [2.45, 2.75) is 38.1 Å². The number of nitrogens with one attached hydrogen (secondary N) is 2. The van der Waals surface area contributed by atoms with E-state index in [0.29, 0.717) is 29.1 Å². The van der Waals surface area contributed by atoms with Crippen LogP contribution in [0.3, 0.4) is 0 Å². The zero-order valence-electron chi connectivity index (χ0n) is 13.2. The van der Waals surface area contributed by atoms with Gasteiger partial charge in [0.25, 0.3) is 5.91 Å². The maximum Gasteiger partial charge on any atom is 0.256 e. The second kappa shape index (κ2) is 5.81. The summed E-state index contributed by atoms with van der Waals surface area (Å²) >= 11 is 0. The van der Waals surface area contributed by atoms with Crippen LogP contribution in [0.15, 0.2) is 34.9 Å². The molecule has 0 bridgehead atoms. The number of aromatic nitrogens is 1. The van der Waals surface area contributed by atoms with Crippen molar-refractivity contribution in [1.29, 1.82) is 0 Å². The number of nitrogens with zero attached hydrogens (tertiary/aromatic N) is 1. The van der Waals surface area contributed by atoms with Crippen LogP contribution in [-0.4, -0.2) is 23.7 Å². The van der Waals surface area contributed by atoms with E-state index in [2.05, 4.69) is 21.9 Å². The molecular weight excluding hydrogens is 290 g/mol. The van der Waals surface area contributed by atoms with Crippen molar-refractivity contribution in [2.24, 2.45) is 5.92 Å². The zero-order valence-corrected chi connectivity index (χ0v) is 13.2. The standard InChI is InChI=1S/C18H21N3O2/c1-11-7-17(21-23-11)20-18(22)14-4-2-3-13(8-14)15-9-16(15)19-10-12-5-6-12/h2-4,7-8,12,15-16,19H,5-6,9-10H2,1H3,(H,20,21,22)/t15-,16+/m1/s1. The molecule has 2 atom stereocenters. The molecule has 2 aliphatic carbocycles. The van der Waals surface area contributed by atoms with Gasteiger partial charge in [-0.2, -0.15) is 0 Å². The monoisotopic (exact) mass is 311 g/mol. The van der Waals surface area contributed by atoms with Gasteiger partial charge in [0.1, 0.15) is 5.76 Å². The van der Waals surface area contributed by atoms with E-state index in [0.717, 1.165) is 12.5 Å². The number of aryl methyl sites for hydroxylation is 1. The van der Waals surface area contributed by atoms with Crippen molar-refractivity contribution < 1.29 is 9.32 Å². The van der Waals surface area contributed by atoms with E-state index in [1.807, 2.05) is 18.2 Å². The van der Waals surface area contributed by atoms with Crippen LogP contribution in [0.1, 0.15) is 46.9 Å². The highest BCUT2D eigenvalue weighted by molar-refractivity contribution is 6.03. The Bertz CT molecular complexity index is 721. The predicted octanol–water partition coefficient (Wildman–Crippen LogP) is 3.09. The van der Waals surface area contributed by atoms with E-state index < -0.39 is 0 Å². The van der Waals surface area contributed by atoms with E-state index in [-0.39, 0.29) is 5.91 Å². The van der Waals surface area contributed by atoms with Gasteiger partial charge in [-0.05, 0) is 56.3 Å². The van der Waals surface area contributed by atoms with E-state index in [4.69, 9.17) is 4.52 Å². The van der Waals surface area contributed by atoms with E-state index in [1.54, 1.807) is 13.0 Å². The summed E-state index contributed by atoms with van der Waals surface area (Å²) < 4.78 is 4.97. The van der Waals surface area contributed by atoms with Gasteiger partial charge < -0.3 is 15.2 Å². The molecule has 0 aliphatic heterocycles. The number of hydrogen-bond donors (Lipinski definition) is 2. The number of carbonyl (C=O) groups is 1. The number of benzene rings is 1. The lowest BCUT2D eigenvalue weighted by Crippen LogP contribution is -2.20. The smallest absolute Gasteiger partial charge is 0.256 e. The summed E-state index contributed by atoms with van der Waals surface area (Å²) in [6, 6.07) is 10.2. The van der Waals surface area contributed by atoms with Crippen LogP contribution < -0.4 is 10.6 Å². The molecule has 120 valence electrons. The fourth-order valence-corrected chi connectivity index (χ4v) is 2.95. The Hall–Kier alpha value is -2.14. The van der Waals surface area contributed by atoms with Crippen LogP contribution in [0.5, 0.6) is 0 Å². The first-order valence-electron chi connectivity index (χ1n) is 8.27. The van der Waals surface area contributed by atoms with Crippen molar-refractivity contribution in [3.63, 3.8) is 0 Å². The highest BCUT2D eigenvalue weighted by Gasteiger charge is 2.39. The normalized spacial score (nSPS) is 22.8. The van der Waals surface area contributed by atoms with Gasteiger partial charge in [0.05, 0.1) is 0 Å². The van der Waals surface area contributed by atoms with Gasteiger partial charge in [-0.1, -0.05) is 17.3 Å². The van der Waals surface area contributed by atoms with Crippen molar-refractivity contribution in [3.05, 3.63) is 47.2 Å². The molecule has 2 aromatic rings. The Balaban J connectivity index is 1.39. The lowest BCUT2D eigenvalue weighted by Gasteiger charge is -2.06. The van der Waals surface area contributed by atoms with E-state index in [9.17, 15) is 4.79 Å². The molecule has 0 saturated heterocycles. The number of amides is 1. The largest absolute Gasteiger partial charge is 0.360 e. The Morgan fingerprint density at radius 2 is 2.22 bits per heavy atom. The van der Waals surface area contributed by atoms with Crippen molar-refractivity contribution >= 4 is 11.7 Å². The fraction of sp³-hybridized carbons (Fsp3) is 0.444. The van der Waals surface area contributed by atoms with E-state index >= 15 is 0 Å². The van der Waals surface area contributed by atoms with Crippen molar-refractivity contribution in [3.8, 4) is 0 Å². The summed E-state index contributed by atoms with van der Waals surface area (Å²) in [5.41, 5.74) is 1.90. The third-order valence-electron chi connectivity index (χ3n) is 4.60. The molecule has 2 aliphatic rings. The number of hydrogen-bond acceptors (Lipinski definition) is 4. The molecule has 4 rings (SSSR count). The molecule has 5 heteroatoms. The zero-order chi connectivity index (χ0) is 15.8. The minimum atomic E-state index is -0.150. The lowest BCUT2D eigenvalue weighted by molar-refractivity contribution is 0.102. The first-order chi connectivity index (χ1) is 11.2. The highest BCUT2D eigenvalue weighted by atomic mass is 16.5. The van der Waals surface area contributed by atoms with Crippen molar-refractivity contribution in [2.75, 3.05) is 11.9 Å². The molecule has 1 aromatic carbocycles. The predicted molar refractivity (Wildman–Crippen MR) is 87.5 cm³/mol. The second-order valence-electron chi connectivity index (χ2n) is 6.70. The molecule has 0 radical (unpaired) electrons. The number of rotatable bonds is 6. The quantitative estimate of drug-likeness (QED) is 0.860. The summed E-state index contributed by atoms with van der Waals surface area (Å²) in [6.07, 6.45) is 3.92. The molecular formula is C18H21N3O2. The van der Waals surface area contributed by atoms with Crippen LogP contribution in [-0.2, 0) is 0 Å². The SMILES string of the molecule is Cc1cc(NC(=O)c2cccc([C@H]3C[C@@H]3NCC3CC3)c2)no1. The van der Waals surface area contributed by atoms with Gasteiger partial charge in [-0.25, -0.2) is 0 Å². The summed E-state index contributed by atoms with van der Waals surface area (Å²) in [5, 5.41) is 10.2. The second-order valence-corrected chi connectivity index (χ2v) is 6.70. The lowest BCUT2D eigenvalue weighted by atomic mass is 10.1. The Kier molecular flexibility index (Phi) is 3.65. The molecule has 23 heavy (non-hydrogen) atoms. The number of anilines is 1. The molecule has 2 N–H and O–H groups in total. The third kappa shape index (κ3) is 3.45. The van der Waals surface area contributed by atoms with Gasteiger partial charge in [0.15, 0.2) is 5.82 Å². The molecule has 0 unspecified atom stereocenters. The first-order valence-corrected chi connectivity index (χ1v) is 8.27. The van der Waals surface area contributed by atoms with Crippen LogP contribution in [0, 0.1) is 12.8 Å². The highest BCUT2D eigenvalue weighted by Crippen LogP contribution is 2.41. The molecule has 5 nitrogen and oxygen atoms in total. The summed E-state index contributed by atoms with van der Waals surface area (Å²) in [7, 11) is 0. The average Bonchev–Trinajstić information content (AvgIpc) is 3.45. The van der Waals surface area contributed by atoms with Crippen LogP contribution in [0.4, 0.5) is 5.82 Å². The Morgan fingerprint density at radius 3 is 2.96 bits per heavy atom.